The van der Waals surface area contributed by atoms with Gasteiger partial charge in [-0.05, 0) is 19.1 Å². The molecule has 5 heteroatoms. The Kier molecular flexibility index (Phi) is 5.85. The Morgan fingerprint density at radius 2 is 1.95 bits per heavy atom. The van der Waals surface area contributed by atoms with Crippen molar-refractivity contribution in [3.63, 3.8) is 0 Å². The highest BCUT2D eigenvalue weighted by Crippen LogP contribution is 2.27. The summed E-state index contributed by atoms with van der Waals surface area (Å²) in [5.74, 6) is 0.474. The molecule has 0 saturated heterocycles. The molecule has 0 spiro atoms. The van der Waals surface area contributed by atoms with Gasteiger partial charge in [-0.15, -0.1) is 0 Å². The molecule has 0 atom stereocenters. The molecule has 1 aromatic carbocycles. The van der Waals surface area contributed by atoms with E-state index < -0.39 is 0 Å². The Morgan fingerprint density at radius 3 is 2.53 bits per heavy atom. The number of carbonyl (C=O) groups is 2. The van der Waals surface area contributed by atoms with Gasteiger partial charge in [0.1, 0.15) is 5.75 Å². The van der Waals surface area contributed by atoms with Gasteiger partial charge in [-0.2, -0.15) is 0 Å². The summed E-state index contributed by atoms with van der Waals surface area (Å²) in [6, 6.07) is 7.38. The second kappa shape index (κ2) is 7.41. The highest BCUT2D eigenvalue weighted by atomic mass is 16.5. The standard InChI is InChI=1S/C14H20N2O3/c1-4-19-14-8-6-5-7-13(14)16(12(3)18)10-9-15-11(2)17/h5-8H,4,9-10H2,1-3H3,(H,15,17). The summed E-state index contributed by atoms with van der Waals surface area (Å²) in [4.78, 5) is 24.2. The average Bonchev–Trinajstić information content (AvgIpc) is 2.35. The molecule has 0 fully saturated rings. The lowest BCUT2D eigenvalue weighted by atomic mass is 10.2. The number of amides is 2. The van der Waals surface area contributed by atoms with Gasteiger partial charge >= 0.3 is 0 Å². The van der Waals surface area contributed by atoms with Gasteiger partial charge in [0.25, 0.3) is 0 Å². The van der Waals surface area contributed by atoms with Crippen LogP contribution >= 0.6 is 0 Å². The van der Waals surface area contributed by atoms with Crippen molar-refractivity contribution in [3.8, 4) is 5.75 Å². The SMILES string of the molecule is CCOc1ccccc1N(CCNC(C)=O)C(C)=O. The Labute approximate surface area is 113 Å². The summed E-state index contributed by atoms with van der Waals surface area (Å²) in [6.07, 6.45) is 0. The van der Waals surface area contributed by atoms with Crippen LogP contribution in [0.25, 0.3) is 0 Å². The molecule has 1 rings (SSSR count). The Hall–Kier alpha value is -2.04. The number of hydrogen-bond donors (Lipinski definition) is 1. The molecule has 104 valence electrons. The largest absolute Gasteiger partial charge is 0.492 e. The predicted molar refractivity (Wildman–Crippen MR) is 74.3 cm³/mol. The molecule has 1 aromatic rings. The van der Waals surface area contributed by atoms with Gasteiger partial charge in [-0.1, -0.05) is 12.1 Å². The second-order valence-electron chi connectivity index (χ2n) is 4.05. The van der Waals surface area contributed by atoms with Crippen LogP contribution in [0.4, 0.5) is 5.69 Å². The Bertz CT molecular complexity index is 446. The maximum absolute atomic E-state index is 11.7. The van der Waals surface area contributed by atoms with E-state index >= 15 is 0 Å². The number of anilines is 1. The molecule has 0 aliphatic carbocycles. The van der Waals surface area contributed by atoms with Crippen molar-refractivity contribution in [1.82, 2.24) is 5.32 Å². The normalized spacial score (nSPS) is 9.84. The third kappa shape index (κ3) is 4.62. The maximum Gasteiger partial charge on any atom is 0.224 e. The highest BCUT2D eigenvalue weighted by molar-refractivity contribution is 5.93. The number of nitrogens with zero attached hydrogens (tertiary/aromatic N) is 1. The molecule has 0 aliphatic rings. The quantitative estimate of drug-likeness (QED) is 0.848. The molecular weight excluding hydrogens is 244 g/mol. The summed E-state index contributed by atoms with van der Waals surface area (Å²) in [5, 5.41) is 2.68. The van der Waals surface area contributed by atoms with Crippen LogP contribution in [0.5, 0.6) is 5.75 Å². The first-order valence-corrected chi connectivity index (χ1v) is 6.30. The molecule has 1 N–H and O–H groups in total. The van der Waals surface area contributed by atoms with Crippen LogP contribution in [0.3, 0.4) is 0 Å². The minimum absolute atomic E-state index is 0.0856. The molecule has 0 aliphatic heterocycles. The van der Waals surface area contributed by atoms with E-state index in [2.05, 4.69) is 5.32 Å². The van der Waals surface area contributed by atoms with Gasteiger partial charge in [-0.25, -0.2) is 0 Å². The first-order chi connectivity index (χ1) is 9.06. The molecule has 0 radical (unpaired) electrons. The van der Waals surface area contributed by atoms with Crippen molar-refractivity contribution in [2.75, 3.05) is 24.6 Å². The second-order valence-corrected chi connectivity index (χ2v) is 4.05. The lowest BCUT2D eigenvalue weighted by molar-refractivity contribution is -0.119. The summed E-state index contributed by atoms with van der Waals surface area (Å²) in [6.45, 7) is 6.21. The summed E-state index contributed by atoms with van der Waals surface area (Å²) < 4.78 is 5.51. The lowest BCUT2D eigenvalue weighted by Gasteiger charge is -2.23. The number of hydrogen-bond acceptors (Lipinski definition) is 3. The zero-order chi connectivity index (χ0) is 14.3. The highest BCUT2D eigenvalue weighted by Gasteiger charge is 2.15. The zero-order valence-electron chi connectivity index (χ0n) is 11.6. The average molecular weight is 264 g/mol. The van der Waals surface area contributed by atoms with Gasteiger partial charge in [0.15, 0.2) is 0 Å². The van der Waals surface area contributed by atoms with E-state index in [1.807, 2.05) is 31.2 Å². The monoisotopic (exact) mass is 264 g/mol. The van der Waals surface area contributed by atoms with Crippen LogP contribution < -0.4 is 15.0 Å². The van der Waals surface area contributed by atoms with Gasteiger partial charge in [-0.3, -0.25) is 9.59 Å². The predicted octanol–water partition coefficient (Wildman–Crippen LogP) is 1.57. The minimum Gasteiger partial charge on any atom is -0.492 e. The first-order valence-electron chi connectivity index (χ1n) is 6.30. The van der Waals surface area contributed by atoms with Crippen LogP contribution in [0.1, 0.15) is 20.8 Å². The molecule has 0 bridgehead atoms. The Balaban J connectivity index is 2.86. The van der Waals surface area contributed by atoms with E-state index in [1.165, 1.54) is 13.8 Å². The summed E-state index contributed by atoms with van der Waals surface area (Å²) in [7, 11) is 0. The fourth-order valence-corrected chi connectivity index (χ4v) is 1.75. The first kappa shape index (κ1) is 15.0. The molecule has 0 saturated carbocycles. The molecule has 0 unspecified atom stereocenters. The third-order valence-corrected chi connectivity index (χ3v) is 2.55. The van der Waals surface area contributed by atoms with Gasteiger partial charge in [0.2, 0.25) is 11.8 Å². The van der Waals surface area contributed by atoms with E-state index in [0.29, 0.717) is 25.4 Å². The molecule has 2 amide bonds. The van der Waals surface area contributed by atoms with Gasteiger partial charge in [0, 0.05) is 26.9 Å². The summed E-state index contributed by atoms with van der Waals surface area (Å²) in [5.41, 5.74) is 0.724. The zero-order valence-corrected chi connectivity index (χ0v) is 11.6. The van der Waals surface area contributed by atoms with Crippen molar-refractivity contribution >= 4 is 17.5 Å². The van der Waals surface area contributed by atoms with Crippen LogP contribution in [-0.4, -0.2) is 31.5 Å². The van der Waals surface area contributed by atoms with Gasteiger partial charge < -0.3 is 15.0 Å². The van der Waals surface area contributed by atoms with Crippen molar-refractivity contribution < 1.29 is 14.3 Å². The van der Waals surface area contributed by atoms with E-state index in [4.69, 9.17) is 4.74 Å². The topological polar surface area (TPSA) is 58.6 Å². The smallest absolute Gasteiger partial charge is 0.224 e. The van der Waals surface area contributed by atoms with Crippen molar-refractivity contribution in [3.05, 3.63) is 24.3 Å². The number of rotatable bonds is 6. The maximum atomic E-state index is 11.7. The number of carbonyl (C=O) groups excluding carboxylic acids is 2. The molecular formula is C14H20N2O3. The number of benzene rings is 1. The van der Waals surface area contributed by atoms with Crippen LogP contribution in [0.15, 0.2) is 24.3 Å². The van der Waals surface area contributed by atoms with E-state index in [-0.39, 0.29) is 11.8 Å². The van der Waals surface area contributed by atoms with Crippen molar-refractivity contribution in [2.24, 2.45) is 0 Å². The van der Waals surface area contributed by atoms with Gasteiger partial charge in [0.05, 0.1) is 12.3 Å². The molecule has 19 heavy (non-hydrogen) atoms. The number of para-hydroxylation sites is 2. The van der Waals surface area contributed by atoms with E-state index in [1.54, 1.807) is 4.90 Å². The third-order valence-electron chi connectivity index (χ3n) is 2.55. The number of nitrogens with one attached hydrogen (secondary N) is 1. The summed E-state index contributed by atoms with van der Waals surface area (Å²) >= 11 is 0. The molecule has 0 heterocycles. The van der Waals surface area contributed by atoms with E-state index in [0.717, 1.165) is 5.69 Å². The molecule has 0 aromatic heterocycles. The Morgan fingerprint density at radius 1 is 1.26 bits per heavy atom. The minimum atomic E-state index is -0.110. The van der Waals surface area contributed by atoms with Crippen LogP contribution in [0.2, 0.25) is 0 Å². The molecule has 5 nitrogen and oxygen atoms in total. The number of ether oxygens (including phenoxy) is 1. The van der Waals surface area contributed by atoms with Crippen molar-refractivity contribution in [2.45, 2.75) is 20.8 Å². The van der Waals surface area contributed by atoms with Crippen LogP contribution in [-0.2, 0) is 9.59 Å². The van der Waals surface area contributed by atoms with Crippen LogP contribution in [0, 0.1) is 0 Å². The lowest BCUT2D eigenvalue weighted by Crippen LogP contribution is -2.37. The fourth-order valence-electron chi connectivity index (χ4n) is 1.75. The van der Waals surface area contributed by atoms with Crippen molar-refractivity contribution in [1.29, 1.82) is 0 Å². The fraction of sp³-hybridized carbons (Fsp3) is 0.429. The van der Waals surface area contributed by atoms with E-state index in [9.17, 15) is 9.59 Å².